The highest BCUT2D eigenvalue weighted by atomic mass is 35.7. The predicted molar refractivity (Wildman–Crippen MR) is 48.4 cm³/mol. The molecule has 72 valence electrons. The van der Waals surface area contributed by atoms with Crippen LogP contribution in [0.15, 0.2) is 23.4 Å². The summed E-state index contributed by atoms with van der Waals surface area (Å²) in [5.74, 6) is 0.229. The largest absolute Gasteiger partial charge is 0.492 e. The summed E-state index contributed by atoms with van der Waals surface area (Å²) in [6.07, 6.45) is 2.60. The summed E-state index contributed by atoms with van der Waals surface area (Å²) >= 11 is 0. The molecular formula is C7H8ClNO3S. The second kappa shape index (κ2) is 3.93. The van der Waals surface area contributed by atoms with Gasteiger partial charge in [0.2, 0.25) is 0 Å². The van der Waals surface area contributed by atoms with Crippen molar-refractivity contribution >= 4 is 19.7 Å². The molecule has 0 aliphatic heterocycles. The summed E-state index contributed by atoms with van der Waals surface area (Å²) in [6, 6.07) is 1.46. The number of rotatable bonds is 3. The maximum atomic E-state index is 11.0. The van der Waals surface area contributed by atoms with Crippen molar-refractivity contribution < 1.29 is 13.2 Å². The Morgan fingerprint density at radius 2 is 2.31 bits per heavy atom. The average Bonchev–Trinajstić information content (AvgIpc) is 2.04. The van der Waals surface area contributed by atoms with Gasteiger partial charge in [-0.3, -0.25) is 4.98 Å². The third-order valence-electron chi connectivity index (χ3n) is 1.31. The zero-order valence-corrected chi connectivity index (χ0v) is 8.47. The molecule has 0 radical (unpaired) electrons. The molecule has 13 heavy (non-hydrogen) atoms. The summed E-state index contributed by atoms with van der Waals surface area (Å²) in [6.45, 7) is 2.13. The number of ether oxygens (including phenoxy) is 1. The molecule has 0 aromatic carbocycles. The summed E-state index contributed by atoms with van der Waals surface area (Å²) in [4.78, 5) is 3.55. The molecule has 0 unspecified atom stereocenters. The predicted octanol–water partition coefficient (Wildman–Crippen LogP) is 1.41. The lowest BCUT2D eigenvalue weighted by atomic mass is 10.4. The molecule has 0 aliphatic rings. The fraction of sp³-hybridized carbons (Fsp3) is 0.286. The summed E-state index contributed by atoms with van der Waals surface area (Å²) in [7, 11) is 1.38. The van der Waals surface area contributed by atoms with Crippen LogP contribution in [0.4, 0.5) is 0 Å². The Labute approximate surface area is 80.9 Å². The molecule has 6 heteroatoms. The Bertz CT molecular complexity index is 390. The van der Waals surface area contributed by atoms with Gasteiger partial charge in [-0.15, -0.1) is 0 Å². The lowest BCUT2D eigenvalue weighted by molar-refractivity contribution is 0.331. The molecule has 0 amide bonds. The minimum atomic E-state index is -3.77. The second-order valence-electron chi connectivity index (χ2n) is 2.19. The monoisotopic (exact) mass is 221 g/mol. The van der Waals surface area contributed by atoms with Crippen LogP contribution in [0.25, 0.3) is 0 Å². The van der Waals surface area contributed by atoms with Gasteiger partial charge in [-0.2, -0.15) is 0 Å². The molecule has 0 bridgehead atoms. The number of nitrogens with zero attached hydrogens (tertiary/aromatic N) is 1. The molecule has 1 aromatic rings. The van der Waals surface area contributed by atoms with Crippen molar-refractivity contribution in [2.75, 3.05) is 6.61 Å². The number of pyridine rings is 1. The average molecular weight is 222 g/mol. The lowest BCUT2D eigenvalue weighted by Crippen LogP contribution is -1.99. The van der Waals surface area contributed by atoms with Gasteiger partial charge < -0.3 is 4.74 Å². The van der Waals surface area contributed by atoms with E-state index in [1.807, 2.05) is 0 Å². The zero-order valence-electron chi connectivity index (χ0n) is 6.90. The number of hydrogen-bond acceptors (Lipinski definition) is 4. The Balaban J connectivity index is 3.20. The van der Waals surface area contributed by atoms with E-state index in [1.54, 1.807) is 6.92 Å². The van der Waals surface area contributed by atoms with Crippen LogP contribution in [-0.4, -0.2) is 20.0 Å². The molecule has 1 rings (SSSR count). The molecule has 1 aromatic heterocycles. The van der Waals surface area contributed by atoms with E-state index in [1.165, 1.54) is 12.3 Å². The SMILES string of the molecule is CCOc1ccncc1S(=O)(=O)Cl. The molecule has 0 aliphatic carbocycles. The Morgan fingerprint density at radius 1 is 1.62 bits per heavy atom. The normalized spacial score (nSPS) is 11.2. The van der Waals surface area contributed by atoms with Crippen molar-refractivity contribution in [1.82, 2.24) is 4.98 Å². The van der Waals surface area contributed by atoms with Crippen molar-refractivity contribution in [2.24, 2.45) is 0 Å². The number of hydrogen-bond donors (Lipinski definition) is 0. The topological polar surface area (TPSA) is 56.3 Å². The zero-order chi connectivity index (χ0) is 9.90. The highest BCUT2D eigenvalue weighted by molar-refractivity contribution is 8.13. The molecule has 4 nitrogen and oxygen atoms in total. The van der Waals surface area contributed by atoms with Gasteiger partial charge in [0.1, 0.15) is 10.6 Å². The van der Waals surface area contributed by atoms with E-state index in [0.717, 1.165) is 6.20 Å². The fourth-order valence-electron chi connectivity index (χ4n) is 0.825. The minimum Gasteiger partial charge on any atom is -0.492 e. The molecule has 0 spiro atoms. The van der Waals surface area contributed by atoms with E-state index >= 15 is 0 Å². The van der Waals surface area contributed by atoms with Gasteiger partial charge in [0.25, 0.3) is 9.05 Å². The van der Waals surface area contributed by atoms with Crippen molar-refractivity contribution in [2.45, 2.75) is 11.8 Å². The van der Waals surface area contributed by atoms with Crippen molar-refractivity contribution in [3.05, 3.63) is 18.5 Å². The van der Waals surface area contributed by atoms with Gasteiger partial charge in [0, 0.05) is 16.9 Å². The first kappa shape index (κ1) is 10.3. The first-order valence-corrected chi connectivity index (χ1v) is 5.88. The van der Waals surface area contributed by atoms with Gasteiger partial charge >= 0.3 is 0 Å². The molecule has 0 saturated carbocycles. The van der Waals surface area contributed by atoms with E-state index in [0.29, 0.717) is 6.61 Å². The van der Waals surface area contributed by atoms with Crippen LogP contribution < -0.4 is 4.74 Å². The molecule has 1 heterocycles. The van der Waals surface area contributed by atoms with Crippen LogP contribution in [0.5, 0.6) is 5.75 Å². The lowest BCUT2D eigenvalue weighted by Gasteiger charge is -2.05. The summed E-state index contributed by atoms with van der Waals surface area (Å²) in [5, 5.41) is 0. The molecule has 0 fully saturated rings. The fourth-order valence-corrected chi connectivity index (χ4v) is 1.73. The smallest absolute Gasteiger partial charge is 0.266 e. The molecule has 0 saturated heterocycles. The molecule has 0 N–H and O–H groups in total. The first-order chi connectivity index (χ1) is 6.05. The Hall–Kier alpha value is -0.810. The van der Waals surface area contributed by atoms with Crippen LogP contribution in [0.2, 0.25) is 0 Å². The van der Waals surface area contributed by atoms with Crippen LogP contribution in [0.1, 0.15) is 6.92 Å². The van der Waals surface area contributed by atoms with Crippen LogP contribution in [-0.2, 0) is 9.05 Å². The maximum Gasteiger partial charge on any atom is 0.266 e. The van der Waals surface area contributed by atoms with Gasteiger partial charge in [-0.25, -0.2) is 8.42 Å². The minimum absolute atomic E-state index is 0.0986. The van der Waals surface area contributed by atoms with E-state index in [9.17, 15) is 8.42 Å². The Morgan fingerprint density at radius 3 is 2.85 bits per heavy atom. The third kappa shape index (κ3) is 2.57. The quantitative estimate of drug-likeness (QED) is 0.725. The van der Waals surface area contributed by atoms with Crippen molar-refractivity contribution in [3.63, 3.8) is 0 Å². The van der Waals surface area contributed by atoms with Crippen LogP contribution in [0, 0.1) is 0 Å². The Kier molecular flexibility index (Phi) is 3.11. The second-order valence-corrected chi connectivity index (χ2v) is 4.73. The number of halogens is 1. The standard InChI is InChI=1S/C7H8ClNO3S/c1-2-12-6-3-4-9-5-7(6)13(8,10)11/h3-5H,2H2,1H3. The number of aromatic nitrogens is 1. The van der Waals surface area contributed by atoms with E-state index in [4.69, 9.17) is 15.4 Å². The molecule has 0 atom stereocenters. The van der Waals surface area contributed by atoms with Gasteiger partial charge in [-0.1, -0.05) is 0 Å². The van der Waals surface area contributed by atoms with E-state index in [2.05, 4.69) is 4.98 Å². The van der Waals surface area contributed by atoms with Crippen LogP contribution in [0.3, 0.4) is 0 Å². The summed E-state index contributed by atoms with van der Waals surface area (Å²) < 4.78 is 27.0. The first-order valence-electron chi connectivity index (χ1n) is 3.57. The van der Waals surface area contributed by atoms with E-state index in [-0.39, 0.29) is 10.6 Å². The van der Waals surface area contributed by atoms with Crippen molar-refractivity contribution in [1.29, 1.82) is 0 Å². The van der Waals surface area contributed by atoms with Gasteiger partial charge in [-0.05, 0) is 13.0 Å². The van der Waals surface area contributed by atoms with Crippen molar-refractivity contribution in [3.8, 4) is 5.75 Å². The van der Waals surface area contributed by atoms with E-state index < -0.39 is 9.05 Å². The van der Waals surface area contributed by atoms with Gasteiger partial charge in [0.15, 0.2) is 0 Å². The van der Waals surface area contributed by atoms with Crippen LogP contribution >= 0.6 is 10.7 Å². The highest BCUT2D eigenvalue weighted by Gasteiger charge is 2.16. The summed E-state index contributed by atoms with van der Waals surface area (Å²) in [5.41, 5.74) is 0. The third-order valence-corrected chi connectivity index (χ3v) is 2.64. The maximum absolute atomic E-state index is 11.0. The highest BCUT2D eigenvalue weighted by Crippen LogP contribution is 2.24. The van der Waals surface area contributed by atoms with Gasteiger partial charge in [0.05, 0.1) is 12.8 Å². The molecular weight excluding hydrogens is 214 g/mol.